The Balaban J connectivity index is 1.52. The van der Waals surface area contributed by atoms with Crippen LogP contribution >= 0.6 is 11.3 Å². The highest BCUT2D eigenvalue weighted by Crippen LogP contribution is 2.30. The molecule has 6 heteroatoms. The molecule has 4 rings (SSSR count). The Hall–Kier alpha value is -2.31. The summed E-state index contributed by atoms with van der Waals surface area (Å²) in [6.07, 6.45) is 2.02. The average molecular weight is 396 g/mol. The van der Waals surface area contributed by atoms with E-state index in [1.165, 1.54) is 16.9 Å². The Morgan fingerprint density at radius 1 is 1.29 bits per heavy atom. The number of β-amino-alcohol motifs (C(OH)–C–C–N with tert-alkyl or cyclic N) is 1. The summed E-state index contributed by atoms with van der Waals surface area (Å²) in [6.45, 7) is 7.00. The number of likely N-dealkylation sites (tertiary alicyclic amines) is 1. The van der Waals surface area contributed by atoms with Crippen LogP contribution in [0, 0.1) is 12.8 Å². The summed E-state index contributed by atoms with van der Waals surface area (Å²) in [7, 11) is 0. The molecule has 1 N–H and O–H groups in total. The summed E-state index contributed by atoms with van der Waals surface area (Å²) in [5.74, 6) is 0.317. The van der Waals surface area contributed by atoms with E-state index in [4.69, 9.17) is 0 Å². The lowest BCUT2D eigenvalue weighted by Crippen LogP contribution is -2.29. The molecule has 0 aliphatic carbocycles. The summed E-state index contributed by atoms with van der Waals surface area (Å²) >= 11 is 1.48. The van der Waals surface area contributed by atoms with Crippen molar-refractivity contribution in [3.63, 3.8) is 0 Å². The molecule has 1 aromatic carbocycles. The van der Waals surface area contributed by atoms with Gasteiger partial charge in [0, 0.05) is 36.5 Å². The standard InChI is InChI=1S/C22H25N3O2S/c1-13(2)21-24-14(3)20(28-21)22(27)25-11-16(19(26)12-25)10-15-8-9-23-18-7-5-4-6-17(15)18/h4-9,13,16,19,26H,10-12H2,1-3H3/t16-,19-/m1/s1. The fraction of sp³-hybridized carbons (Fsp3) is 0.409. The van der Waals surface area contributed by atoms with Crippen molar-refractivity contribution >= 4 is 28.1 Å². The number of pyridine rings is 1. The summed E-state index contributed by atoms with van der Waals surface area (Å²) in [4.78, 5) is 24.5. The zero-order chi connectivity index (χ0) is 19.8. The Labute approximate surface area is 169 Å². The van der Waals surface area contributed by atoms with Gasteiger partial charge in [0.25, 0.3) is 5.91 Å². The quantitative estimate of drug-likeness (QED) is 0.730. The second kappa shape index (κ2) is 7.60. The predicted octanol–water partition coefficient (Wildman–Crippen LogP) is 3.80. The number of hydrogen-bond donors (Lipinski definition) is 1. The van der Waals surface area contributed by atoms with Crippen molar-refractivity contribution in [3.8, 4) is 0 Å². The number of thiazole rings is 1. The number of aliphatic hydroxyl groups excluding tert-OH is 1. The lowest BCUT2D eigenvalue weighted by molar-refractivity contribution is 0.0768. The molecule has 2 aromatic heterocycles. The van der Waals surface area contributed by atoms with Crippen molar-refractivity contribution < 1.29 is 9.90 Å². The van der Waals surface area contributed by atoms with Gasteiger partial charge in [-0.2, -0.15) is 0 Å². The number of rotatable bonds is 4. The van der Waals surface area contributed by atoms with Crippen molar-refractivity contribution in [2.24, 2.45) is 5.92 Å². The number of hydrogen-bond acceptors (Lipinski definition) is 5. The highest BCUT2D eigenvalue weighted by atomic mass is 32.1. The van der Waals surface area contributed by atoms with Gasteiger partial charge in [-0.15, -0.1) is 11.3 Å². The monoisotopic (exact) mass is 395 g/mol. The molecule has 5 nitrogen and oxygen atoms in total. The molecule has 0 spiro atoms. The van der Waals surface area contributed by atoms with E-state index in [-0.39, 0.29) is 11.8 Å². The molecular formula is C22H25N3O2S. The fourth-order valence-corrected chi connectivity index (χ4v) is 4.88. The number of carbonyl (C=O) groups excluding carboxylic acids is 1. The summed E-state index contributed by atoms with van der Waals surface area (Å²) in [6, 6.07) is 10.1. The van der Waals surface area contributed by atoms with Crippen molar-refractivity contribution in [1.29, 1.82) is 0 Å². The first-order valence-corrected chi connectivity index (χ1v) is 10.5. The van der Waals surface area contributed by atoms with Gasteiger partial charge in [-0.3, -0.25) is 9.78 Å². The van der Waals surface area contributed by atoms with Crippen LogP contribution in [0.4, 0.5) is 0 Å². The first-order chi connectivity index (χ1) is 13.4. The molecule has 3 aromatic rings. The maximum Gasteiger partial charge on any atom is 0.265 e. The Kier molecular flexibility index (Phi) is 5.17. The van der Waals surface area contributed by atoms with Crippen molar-refractivity contribution in [1.82, 2.24) is 14.9 Å². The first-order valence-electron chi connectivity index (χ1n) is 9.71. The molecule has 1 aliphatic heterocycles. The van der Waals surface area contributed by atoms with Gasteiger partial charge in [-0.25, -0.2) is 4.98 Å². The van der Waals surface area contributed by atoms with Crippen LogP contribution in [0.5, 0.6) is 0 Å². The molecular weight excluding hydrogens is 370 g/mol. The van der Waals surface area contributed by atoms with E-state index in [0.29, 0.717) is 23.9 Å². The molecule has 28 heavy (non-hydrogen) atoms. The highest BCUT2D eigenvalue weighted by Gasteiger charge is 2.36. The van der Waals surface area contributed by atoms with E-state index in [9.17, 15) is 9.90 Å². The van der Waals surface area contributed by atoms with Crippen LogP contribution in [0.1, 0.15) is 45.7 Å². The average Bonchev–Trinajstić information content (AvgIpc) is 3.25. The third-order valence-corrected chi connectivity index (χ3v) is 6.86. The van der Waals surface area contributed by atoms with Gasteiger partial charge in [-0.1, -0.05) is 32.0 Å². The molecule has 0 saturated carbocycles. The third kappa shape index (κ3) is 3.54. The first kappa shape index (κ1) is 19.0. The van der Waals surface area contributed by atoms with Gasteiger partial charge in [0.15, 0.2) is 0 Å². The number of aromatic nitrogens is 2. The number of para-hydroxylation sites is 1. The number of fused-ring (bicyclic) bond motifs is 1. The molecule has 1 amide bonds. The fourth-order valence-electron chi connectivity index (χ4n) is 3.84. The minimum absolute atomic E-state index is 0.0111. The minimum atomic E-state index is -0.520. The second-order valence-electron chi connectivity index (χ2n) is 7.85. The van der Waals surface area contributed by atoms with Crippen LogP contribution in [-0.4, -0.2) is 45.1 Å². The highest BCUT2D eigenvalue weighted by molar-refractivity contribution is 7.13. The summed E-state index contributed by atoms with van der Waals surface area (Å²) in [5.41, 5.74) is 2.92. The van der Waals surface area contributed by atoms with Crippen molar-refractivity contribution in [3.05, 3.63) is 57.7 Å². The van der Waals surface area contributed by atoms with E-state index in [1.807, 2.05) is 37.4 Å². The number of nitrogens with zero attached hydrogens (tertiary/aromatic N) is 3. The second-order valence-corrected chi connectivity index (χ2v) is 8.88. The number of carbonyl (C=O) groups is 1. The maximum absolute atomic E-state index is 13.0. The topological polar surface area (TPSA) is 66.3 Å². The molecule has 0 bridgehead atoms. The zero-order valence-electron chi connectivity index (χ0n) is 16.4. The van der Waals surface area contributed by atoms with Gasteiger partial charge in [0.1, 0.15) is 4.88 Å². The SMILES string of the molecule is Cc1nc(C(C)C)sc1C(=O)N1C[C@@H](Cc2ccnc3ccccc23)[C@H](O)C1. The number of amides is 1. The van der Waals surface area contributed by atoms with Crippen LogP contribution in [0.25, 0.3) is 10.9 Å². The van der Waals surface area contributed by atoms with Gasteiger partial charge in [-0.05, 0) is 31.0 Å². The molecule has 1 fully saturated rings. The predicted molar refractivity (Wildman–Crippen MR) is 112 cm³/mol. The lowest BCUT2D eigenvalue weighted by atomic mass is 9.94. The molecule has 1 saturated heterocycles. The molecule has 0 unspecified atom stereocenters. The molecule has 146 valence electrons. The van der Waals surface area contributed by atoms with Gasteiger partial charge < -0.3 is 10.0 Å². The third-order valence-electron chi connectivity index (χ3n) is 5.42. The minimum Gasteiger partial charge on any atom is -0.391 e. The van der Waals surface area contributed by atoms with Crippen LogP contribution in [0.15, 0.2) is 36.5 Å². The van der Waals surface area contributed by atoms with E-state index >= 15 is 0 Å². The maximum atomic E-state index is 13.0. The van der Waals surface area contributed by atoms with E-state index in [0.717, 1.165) is 28.0 Å². The number of aliphatic hydroxyl groups is 1. The molecule has 1 aliphatic rings. The van der Waals surface area contributed by atoms with Gasteiger partial charge >= 0.3 is 0 Å². The summed E-state index contributed by atoms with van der Waals surface area (Å²) in [5, 5.41) is 12.7. The van der Waals surface area contributed by atoms with E-state index in [2.05, 4.69) is 29.9 Å². The lowest BCUT2D eigenvalue weighted by Gasteiger charge is -2.16. The van der Waals surface area contributed by atoms with E-state index < -0.39 is 6.10 Å². The summed E-state index contributed by atoms with van der Waals surface area (Å²) < 4.78 is 0. The number of benzene rings is 1. The molecule has 3 heterocycles. The van der Waals surface area contributed by atoms with Crippen LogP contribution < -0.4 is 0 Å². The van der Waals surface area contributed by atoms with Gasteiger partial charge in [0.2, 0.25) is 0 Å². The van der Waals surface area contributed by atoms with Gasteiger partial charge in [0.05, 0.1) is 22.3 Å². The Morgan fingerprint density at radius 2 is 2.07 bits per heavy atom. The molecule has 2 atom stereocenters. The Bertz CT molecular complexity index is 1010. The number of aryl methyl sites for hydroxylation is 1. The zero-order valence-corrected chi connectivity index (χ0v) is 17.2. The normalized spacial score (nSPS) is 19.7. The van der Waals surface area contributed by atoms with Crippen LogP contribution in [0.2, 0.25) is 0 Å². The smallest absolute Gasteiger partial charge is 0.265 e. The molecule has 0 radical (unpaired) electrons. The Morgan fingerprint density at radius 3 is 2.82 bits per heavy atom. The largest absolute Gasteiger partial charge is 0.391 e. The van der Waals surface area contributed by atoms with Crippen LogP contribution in [0.3, 0.4) is 0 Å². The van der Waals surface area contributed by atoms with Crippen molar-refractivity contribution in [2.75, 3.05) is 13.1 Å². The van der Waals surface area contributed by atoms with Crippen molar-refractivity contribution in [2.45, 2.75) is 39.2 Å². The van der Waals surface area contributed by atoms with Crippen LogP contribution in [-0.2, 0) is 6.42 Å². The van der Waals surface area contributed by atoms with E-state index in [1.54, 1.807) is 4.90 Å².